The van der Waals surface area contributed by atoms with Crippen LogP contribution in [0, 0.1) is 5.41 Å². The van der Waals surface area contributed by atoms with Crippen LogP contribution in [0.1, 0.15) is 20.8 Å². The van der Waals surface area contributed by atoms with Gasteiger partial charge in [0.05, 0.1) is 18.5 Å². The van der Waals surface area contributed by atoms with Crippen molar-refractivity contribution in [1.29, 1.82) is 0 Å². The van der Waals surface area contributed by atoms with Crippen molar-refractivity contribution in [2.24, 2.45) is 11.3 Å². The third-order valence-corrected chi connectivity index (χ3v) is 2.85. The summed E-state index contributed by atoms with van der Waals surface area (Å²) in [7, 11) is 0. The van der Waals surface area contributed by atoms with Crippen LogP contribution in [0.15, 0.2) is 0 Å². The van der Waals surface area contributed by atoms with Gasteiger partial charge in [-0.1, -0.05) is 0 Å². The van der Waals surface area contributed by atoms with Gasteiger partial charge in [-0.2, -0.15) is 0 Å². The van der Waals surface area contributed by atoms with Crippen LogP contribution in [0.25, 0.3) is 0 Å². The quantitative estimate of drug-likeness (QED) is 0.386. The van der Waals surface area contributed by atoms with E-state index in [2.05, 4.69) is 5.43 Å². The Hall–Kier alpha value is -0.920. The molecule has 0 aliphatic carbocycles. The zero-order chi connectivity index (χ0) is 13.1. The number of hydrazine groups is 1. The molecule has 17 heavy (non-hydrogen) atoms. The molecule has 3 N–H and O–H groups in total. The van der Waals surface area contributed by atoms with Crippen molar-refractivity contribution < 1.29 is 9.63 Å². The molecule has 6 nitrogen and oxygen atoms in total. The van der Waals surface area contributed by atoms with E-state index in [1.807, 2.05) is 25.7 Å². The van der Waals surface area contributed by atoms with Gasteiger partial charge in [-0.25, -0.2) is 10.6 Å². The zero-order valence-corrected chi connectivity index (χ0v) is 11.3. The van der Waals surface area contributed by atoms with Gasteiger partial charge in [0, 0.05) is 13.1 Å². The Morgan fingerprint density at radius 1 is 1.29 bits per heavy atom. The SMILES string of the molecule is CC(C)(C)C(=O)ON1CCN(C(=S)NN)CC1. The van der Waals surface area contributed by atoms with Crippen LogP contribution in [0.3, 0.4) is 0 Å². The van der Waals surface area contributed by atoms with Crippen LogP contribution in [-0.4, -0.2) is 47.2 Å². The molecule has 0 aromatic heterocycles. The van der Waals surface area contributed by atoms with Gasteiger partial charge in [0.1, 0.15) is 0 Å². The summed E-state index contributed by atoms with van der Waals surface area (Å²) < 4.78 is 0. The monoisotopic (exact) mass is 260 g/mol. The Morgan fingerprint density at radius 3 is 2.24 bits per heavy atom. The summed E-state index contributed by atoms with van der Waals surface area (Å²) in [6.07, 6.45) is 0. The Bertz CT molecular complexity index is 295. The molecule has 0 amide bonds. The molecule has 1 aliphatic heterocycles. The summed E-state index contributed by atoms with van der Waals surface area (Å²) in [4.78, 5) is 18.9. The van der Waals surface area contributed by atoms with E-state index in [4.69, 9.17) is 22.9 Å². The molecule has 0 radical (unpaired) electrons. The molecule has 0 bridgehead atoms. The predicted octanol–water partition coefficient (Wildman–Crippen LogP) is -0.143. The fraction of sp³-hybridized carbons (Fsp3) is 0.800. The fourth-order valence-corrected chi connectivity index (χ4v) is 1.51. The molecule has 1 heterocycles. The van der Waals surface area contributed by atoms with Crippen molar-refractivity contribution in [3.05, 3.63) is 0 Å². The molecular weight excluding hydrogens is 240 g/mol. The number of nitrogens with two attached hydrogens (primary N) is 1. The minimum atomic E-state index is -0.481. The lowest BCUT2D eigenvalue weighted by Crippen LogP contribution is -2.53. The number of hydroxylamine groups is 2. The maximum absolute atomic E-state index is 11.7. The number of piperazine rings is 1. The number of hydrogen-bond donors (Lipinski definition) is 2. The van der Waals surface area contributed by atoms with Crippen molar-refractivity contribution in [2.75, 3.05) is 26.2 Å². The second-order valence-electron chi connectivity index (χ2n) is 4.99. The van der Waals surface area contributed by atoms with Gasteiger partial charge in [0.25, 0.3) is 0 Å². The minimum Gasteiger partial charge on any atom is -0.367 e. The fourth-order valence-electron chi connectivity index (χ4n) is 1.33. The van der Waals surface area contributed by atoms with E-state index in [1.165, 1.54) is 0 Å². The molecule has 1 rings (SSSR count). The van der Waals surface area contributed by atoms with Crippen LogP contribution >= 0.6 is 12.2 Å². The standard InChI is InChI=1S/C10H20N4O2S/c1-10(2,3)8(15)16-14-6-4-13(5-7-14)9(17)12-11/h4-7,11H2,1-3H3,(H,12,17). The molecule has 0 aromatic carbocycles. The number of carbonyl (C=O) groups is 1. The summed E-state index contributed by atoms with van der Waals surface area (Å²) >= 11 is 5.02. The first-order valence-corrected chi connectivity index (χ1v) is 5.98. The third-order valence-electron chi connectivity index (χ3n) is 2.47. The Kier molecular flexibility index (Phi) is 4.67. The van der Waals surface area contributed by atoms with E-state index in [-0.39, 0.29) is 5.97 Å². The lowest BCUT2D eigenvalue weighted by molar-refractivity contribution is -0.205. The van der Waals surface area contributed by atoms with E-state index in [0.29, 0.717) is 31.3 Å². The predicted molar refractivity (Wildman–Crippen MR) is 68.6 cm³/mol. The second kappa shape index (κ2) is 5.61. The van der Waals surface area contributed by atoms with Gasteiger partial charge in [-0.05, 0) is 33.0 Å². The molecule has 7 heteroatoms. The Labute approximate surface area is 107 Å². The average Bonchev–Trinajstić information content (AvgIpc) is 2.27. The molecule has 0 aromatic rings. The van der Waals surface area contributed by atoms with Gasteiger partial charge in [0.15, 0.2) is 5.11 Å². The second-order valence-corrected chi connectivity index (χ2v) is 5.38. The van der Waals surface area contributed by atoms with Crippen LogP contribution < -0.4 is 11.3 Å². The van der Waals surface area contributed by atoms with E-state index in [9.17, 15) is 4.79 Å². The maximum Gasteiger partial charge on any atom is 0.330 e. The van der Waals surface area contributed by atoms with E-state index < -0.39 is 5.41 Å². The summed E-state index contributed by atoms with van der Waals surface area (Å²) in [6.45, 7) is 8.14. The number of nitrogens with zero attached hydrogens (tertiary/aromatic N) is 2. The summed E-state index contributed by atoms with van der Waals surface area (Å²) in [5.41, 5.74) is 1.96. The van der Waals surface area contributed by atoms with Gasteiger partial charge >= 0.3 is 5.97 Å². The van der Waals surface area contributed by atoms with E-state index in [0.717, 1.165) is 0 Å². The van der Waals surface area contributed by atoms with Crippen molar-refractivity contribution in [3.63, 3.8) is 0 Å². The number of hydrogen-bond acceptors (Lipinski definition) is 5. The van der Waals surface area contributed by atoms with Crippen molar-refractivity contribution in [3.8, 4) is 0 Å². The normalized spacial score (nSPS) is 17.8. The molecule has 1 aliphatic rings. The van der Waals surface area contributed by atoms with Gasteiger partial charge < -0.3 is 15.2 Å². The first-order valence-electron chi connectivity index (χ1n) is 5.57. The summed E-state index contributed by atoms with van der Waals surface area (Å²) in [5.74, 6) is 5.03. The molecule has 1 saturated heterocycles. The Balaban J connectivity index is 2.38. The van der Waals surface area contributed by atoms with Gasteiger partial charge in [0.2, 0.25) is 0 Å². The molecular formula is C10H20N4O2S. The van der Waals surface area contributed by atoms with E-state index in [1.54, 1.807) is 5.06 Å². The summed E-state index contributed by atoms with van der Waals surface area (Å²) in [5, 5.41) is 2.19. The van der Waals surface area contributed by atoms with Crippen molar-refractivity contribution in [2.45, 2.75) is 20.8 Å². The van der Waals surface area contributed by atoms with Crippen LogP contribution in [0.2, 0.25) is 0 Å². The van der Waals surface area contributed by atoms with Crippen molar-refractivity contribution >= 4 is 23.3 Å². The molecule has 98 valence electrons. The maximum atomic E-state index is 11.7. The summed E-state index contributed by atoms with van der Waals surface area (Å²) in [6, 6.07) is 0. The number of carbonyl (C=O) groups excluding carboxylic acids is 1. The first kappa shape index (κ1) is 14.1. The number of rotatable bonds is 1. The van der Waals surface area contributed by atoms with E-state index >= 15 is 0 Å². The van der Waals surface area contributed by atoms with Crippen molar-refractivity contribution in [1.82, 2.24) is 15.4 Å². The topological polar surface area (TPSA) is 70.8 Å². The molecule has 0 saturated carbocycles. The zero-order valence-electron chi connectivity index (χ0n) is 10.5. The highest BCUT2D eigenvalue weighted by Gasteiger charge is 2.28. The lowest BCUT2D eigenvalue weighted by atomic mass is 9.98. The third kappa shape index (κ3) is 4.10. The molecule has 1 fully saturated rings. The minimum absolute atomic E-state index is 0.217. The van der Waals surface area contributed by atoms with Crippen LogP contribution in [0.5, 0.6) is 0 Å². The number of nitrogens with one attached hydrogen (secondary N) is 1. The molecule has 0 unspecified atom stereocenters. The smallest absolute Gasteiger partial charge is 0.330 e. The Morgan fingerprint density at radius 2 is 1.82 bits per heavy atom. The molecule has 0 spiro atoms. The highest BCUT2D eigenvalue weighted by molar-refractivity contribution is 7.80. The van der Waals surface area contributed by atoms with Crippen LogP contribution in [-0.2, 0) is 9.63 Å². The van der Waals surface area contributed by atoms with Gasteiger partial charge in [-0.15, -0.1) is 5.06 Å². The highest BCUT2D eigenvalue weighted by atomic mass is 32.1. The van der Waals surface area contributed by atoms with Gasteiger partial charge in [-0.3, -0.25) is 0 Å². The first-order chi connectivity index (χ1) is 7.84. The molecule has 0 atom stereocenters. The average molecular weight is 260 g/mol. The largest absolute Gasteiger partial charge is 0.367 e. The van der Waals surface area contributed by atoms with Crippen LogP contribution in [0.4, 0.5) is 0 Å². The lowest BCUT2D eigenvalue weighted by Gasteiger charge is -2.35. The number of thiocarbonyl (C=S) groups is 1. The highest BCUT2D eigenvalue weighted by Crippen LogP contribution is 2.16.